The third-order valence-corrected chi connectivity index (χ3v) is 6.99. The van der Waals surface area contributed by atoms with Crippen LogP contribution in [0.2, 0.25) is 0 Å². The van der Waals surface area contributed by atoms with Crippen molar-refractivity contribution in [3.63, 3.8) is 0 Å². The lowest BCUT2D eigenvalue weighted by Gasteiger charge is -2.34. The predicted molar refractivity (Wildman–Crippen MR) is 113 cm³/mol. The number of nitro benzene ring substituents is 1. The Balaban J connectivity index is 1.45. The van der Waals surface area contributed by atoms with Crippen molar-refractivity contribution in [1.29, 1.82) is 0 Å². The smallest absolute Gasteiger partial charge is 0.269 e. The lowest BCUT2D eigenvalue weighted by atomic mass is 10.2. The fourth-order valence-electron chi connectivity index (χ4n) is 3.32. The molecule has 1 aliphatic rings. The van der Waals surface area contributed by atoms with Crippen LogP contribution in [0, 0.1) is 21.7 Å². The molecular formula is C20H22F2N4O5S. The molecule has 12 heteroatoms. The number of anilines is 1. The number of carbonyl (C=O) groups excluding carboxylic acids is 1. The number of non-ortho nitro benzene ring substituents is 1. The Morgan fingerprint density at radius 2 is 1.72 bits per heavy atom. The van der Waals surface area contributed by atoms with Crippen LogP contribution in [0.5, 0.6) is 0 Å². The zero-order valence-corrected chi connectivity index (χ0v) is 17.9. The molecule has 3 rings (SSSR count). The van der Waals surface area contributed by atoms with E-state index >= 15 is 0 Å². The molecule has 1 fully saturated rings. The Bertz CT molecular complexity index is 1090. The van der Waals surface area contributed by atoms with Crippen molar-refractivity contribution in [1.82, 2.24) is 9.21 Å². The van der Waals surface area contributed by atoms with Gasteiger partial charge < -0.3 is 10.2 Å². The minimum atomic E-state index is -4.20. The Morgan fingerprint density at radius 3 is 2.34 bits per heavy atom. The third kappa shape index (κ3) is 5.56. The monoisotopic (exact) mass is 468 g/mol. The Kier molecular flexibility index (Phi) is 7.36. The number of rotatable bonds is 8. The number of amides is 1. The molecule has 32 heavy (non-hydrogen) atoms. The van der Waals surface area contributed by atoms with Crippen molar-refractivity contribution >= 4 is 27.3 Å². The molecule has 0 saturated carbocycles. The molecular weight excluding hydrogens is 446 g/mol. The first-order valence-corrected chi connectivity index (χ1v) is 11.3. The molecule has 1 heterocycles. The molecule has 172 valence electrons. The summed E-state index contributed by atoms with van der Waals surface area (Å²) in [6.45, 7) is 0.780. The average Bonchev–Trinajstić information content (AvgIpc) is 2.78. The second-order valence-corrected chi connectivity index (χ2v) is 9.10. The molecule has 1 N–H and O–H groups in total. The minimum Gasteiger partial charge on any atom is -0.385 e. The van der Waals surface area contributed by atoms with Gasteiger partial charge in [0.25, 0.3) is 5.69 Å². The van der Waals surface area contributed by atoms with Crippen LogP contribution in [0.3, 0.4) is 0 Å². The number of halogens is 2. The molecule has 0 radical (unpaired) electrons. The SMILES string of the molecule is O=C(CCCNc1ccc([N+](=O)[O-])cc1)N1CCN(S(=O)(=O)c2cc(F)ccc2F)CC1. The summed E-state index contributed by atoms with van der Waals surface area (Å²) in [5.41, 5.74) is 0.693. The molecule has 0 atom stereocenters. The first kappa shape index (κ1) is 23.5. The number of nitrogens with zero attached hydrogens (tertiary/aromatic N) is 3. The molecule has 1 aliphatic heterocycles. The molecule has 0 bridgehead atoms. The third-order valence-electron chi connectivity index (χ3n) is 5.08. The largest absolute Gasteiger partial charge is 0.385 e. The van der Waals surface area contributed by atoms with E-state index < -0.39 is 31.5 Å². The van der Waals surface area contributed by atoms with Gasteiger partial charge in [-0.05, 0) is 36.8 Å². The number of nitro groups is 1. The maximum atomic E-state index is 13.9. The zero-order chi connectivity index (χ0) is 23.3. The number of piperazine rings is 1. The molecule has 0 unspecified atom stereocenters. The van der Waals surface area contributed by atoms with Gasteiger partial charge in [0.15, 0.2) is 0 Å². The molecule has 0 aliphatic carbocycles. The summed E-state index contributed by atoms with van der Waals surface area (Å²) >= 11 is 0. The number of hydrogen-bond acceptors (Lipinski definition) is 6. The lowest BCUT2D eigenvalue weighted by Crippen LogP contribution is -2.50. The molecule has 9 nitrogen and oxygen atoms in total. The Hall–Kier alpha value is -3.12. The molecule has 1 saturated heterocycles. The van der Waals surface area contributed by atoms with E-state index in [4.69, 9.17) is 0 Å². The topological polar surface area (TPSA) is 113 Å². The summed E-state index contributed by atoms with van der Waals surface area (Å²) in [4.78, 5) is 23.4. The summed E-state index contributed by atoms with van der Waals surface area (Å²) < 4.78 is 53.6. The molecule has 0 aromatic heterocycles. The number of sulfonamides is 1. The van der Waals surface area contributed by atoms with Gasteiger partial charge in [0.05, 0.1) is 4.92 Å². The van der Waals surface area contributed by atoms with E-state index in [9.17, 15) is 32.1 Å². The van der Waals surface area contributed by atoms with Crippen molar-refractivity contribution in [3.05, 3.63) is 64.2 Å². The Labute approximate surface area is 183 Å². The summed E-state index contributed by atoms with van der Waals surface area (Å²) in [6, 6.07) is 8.21. The van der Waals surface area contributed by atoms with Crippen LogP contribution in [-0.2, 0) is 14.8 Å². The maximum Gasteiger partial charge on any atom is 0.269 e. The van der Waals surface area contributed by atoms with Crippen LogP contribution in [0.1, 0.15) is 12.8 Å². The van der Waals surface area contributed by atoms with E-state index in [1.165, 1.54) is 12.1 Å². The second-order valence-electron chi connectivity index (χ2n) is 7.19. The van der Waals surface area contributed by atoms with Gasteiger partial charge in [0.2, 0.25) is 15.9 Å². The standard InChI is InChI=1S/C20H22F2N4O5S/c21-15-3-8-18(22)19(14-15)32(30,31)25-12-10-24(11-13-25)20(27)2-1-9-23-16-4-6-17(7-5-16)26(28)29/h3-8,14,23H,1-2,9-13H2. The minimum absolute atomic E-state index is 0.00739. The van der Waals surface area contributed by atoms with Crippen molar-refractivity contribution in [2.75, 3.05) is 38.0 Å². The van der Waals surface area contributed by atoms with Gasteiger partial charge >= 0.3 is 0 Å². The Morgan fingerprint density at radius 1 is 1.06 bits per heavy atom. The maximum absolute atomic E-state index is 13.9. The van der Waals surface area contributed by atoms with Gasteiger partial charge in [-0.1, -0.05) is 0 Å². The van der Waals surface area contributed by atoms with E-state index in [-0.39, 0.29) is 44.2 Å². The second kappa shape index (κ2) is 10.0. The number of benzene rings is 2. The highest BCUT2D eigenvalue weighted by Gasteiger charge is 2.32. The van der Waals surface area contributed by atoms with Crippen LogP contribution < -0.4 is 5.32 Å². The molecule has 1 amide bonds. The van der Waals surface area contributed by atoms with Crippen LogP contribution in [0.25, 0.3) is 0 Å². The average molecular weight is 468 g/mol. The first-order chi connectivity index (χ1) is 15.2. The molecule has 0 spiro atoms. The zero-order valence-electron chi connectivity index (χ0n) is 17.0. The van der Waals surface area contributed by atoms with Gasteiger partial charge in [0.1, 0.15) is 16.5 Å². The number of carbonyl (C=O) groups is 1. The van der Waals surface area contributed by atoms with Gasteiger partial charge in [0, 0.05) is 57.0 Å². The van der Waals surface area contributed by atoms with E-state index in [1.54, 1.807) is 17.0 Å². The van der Waals surface area contributed by atoms with Crippen molar-refractivity contribution in [3.8, 4) is 0 Å². The molecule has 2 aromatic carbocycles. The first-order valence-electron chi connectivity index (χ1n) is 9.90. The van der Waals surface area contributed by atoms with E-state index in [0.717, 1.165) is 16.4 Å². The summed E-state index contributed by atoms with van der Waals surface area (Å²) in [5, 5.41) is 13.7. The van der Waals surface area contributed by atoms with Crippen LogP contribution in [0.15, 0.2) is 47.4 Å². The van der Waals surface area contributed by atoms with Crippen LogP contribution >= 0.6 is 0 Å². The molecule has 2 aromatic rings. The van der Waals surface area contributed by atoms with Gasteiger partial charge in [-0.2, -0.15) is 4.31 Å². The predicted octanol–water partition coefficient (Wildman–Crippen LogP) is 2.60. The lowest BCUT2D eigenvalue weighted by molar-refractivity contribution is -0.384. The highest BCUT2D eigenvalue weighted by atomic mass is 32.2. The van der Waals surface area contributed by atoms with Gasteiger partial charge in [-0.25, -0.2) is 17.2 Å². The van der Waals surface area contributed by atoms with Gasteiger partial charge in [-0.3, -0.25) is 14.9 Å². The van der Waals surface area contributed by atoms with Crippen molar-refractivity contribution in [2.45, 2.75) is 17.7 Å². The normalized spacial score (nSPS) is 14.9. The van der Waals surface area contributed by atoms with E-state index in [0.29, 0.717) is 24.7 Å². The summed E-state index contributed by atoms with van der Waals surface area (Å²) in [6.07, 6.45) is 0.758. The van der Waals surface area contributed by atoms with E-state index in [2.05, 4.69) is 5.32 Å². The van der Waals surface area contributed by atoms with Crippen LogP contribution in [0.4, 0.5) is 20.2 Å². The summed E-state index contributed by atoms with van der Waals surface area (Å²) in [5.74, 6) is -2.00. The summed E-state index contributed by atoms with van der Waals surface area (Å²) in [7, 11) is -4.20. The highest BCUT2D eigenvalue weighted by molar-refractivity contribution is 7.89. The van der Waals surface area contributed by atoms with Crippen LogP contribution in [-0.4, -0.2) is 61.2 Å². The number of nitrogens with one attached hydrogen (secondary N) is 1. The van der Waals surface area contributed by atoms with E-state index in [1.807, 2.05) is 0 Å². The highest BCUT2D eigenvalue weighted by Crippen LogP contribution is 2.22. The van der Waals surface area contributed by atoms with Crippen molar-refractivity contribution < 1.29 is 26.9 Å². The number of hydrogen-bond donors (Lipinski definition) is 1. The van der Waals surface area contributed by atoms with Crippen molar-refractivity contribution in [2.24, 2.45) is 0 Å². The fraction of sp³-hybridized carbons (Fsp3) is 0.350. The quantitative estimate of drug-likeness (QED) is 0.362. The van der Waals surface area contributed by atoms with Gasteiger partial charge in [-0.15, -0.1) is 0 Å². The fourth-order valence-corrected chi connectivity index (χ4v) is 4.82.